The van der Waals surface area contributed by atoms with Crippen LogP contribution in [0.2, 0.25) is 0 Å². The number of nitrogens with zero attached hydrogens (tertiary/aromatic N) is 6. The fourth-order valence-electron chi connectivity index (χ4n) is 2.84. The van der Waals surface area contributed by atoms with Crippen molar-refractivity contribution in [2.45, 2.75) is 44.7 Å². The molecular formula is C16H20N8O9S2. The third-order valence-corrected chi connectivity index (χ3v) is 6.31. The summed E-state index contributed by atoms with van der Waals surface area (Å²) in [4.78, 5) is 45.7. The summed E-state index contributed by atoms with van der Waals surface area (Å²) in [5.41, 5.74) is 3.29. The third-order valence-electron chi connectivity index (χ3n) is 4.69. The van der Waals surface area contributed by atoms with Crippen LogP contribution in [-0.2, 0) is 42.7 Å². The molecule has 1 aliphatic heterocycles. The predicted octanol–water partition coefficient (Wildman–Crippen LogP) is -2.41. The Balaban J connectivity index is 1.89. The second-order valence-electron chi connectivity index (χ2n) is 7.64. The Hall–Kier alpha value is -3.68. The van der Waals surface area contributed by atoms with Gasteiger partial charge in [-0.1, -0.05) is 10.4 Å². The van der Waals surface area contributed by atoms with Crippen LogP contribution in [0.4, 0.5) is 5.13 Å². The second kappa shape index (κ2) is 9.52. The second-order valence-corrected chi connectivity index (χ2v) is 9.82. The highest BCUT2D eigenvalue weighted by Crippen LogP contribution is 2.25. The molecule has 0 bridgehead atoms. The number of nitrogens with one attached hydrogen (secondary N) is 1. The summed E-state index contributed by atoms with van der Waals surface area (Å²) >= 11 is 0.947. The third kappa shape index (κ3) is 5.53. The fourth-order valence-corrected chi connectivity index (χ4v) is 4.26. The van der Waals surface area contributed by atoms with Crippen molar-refractivity contribution in [3.63, 3.8) is 0 Å². The summed E-state index contributed by atoms with van der Waals surface area (Å²) in [7, 11) is -4.99. The number of nitrogen functional groups attached to an aromatic ring is 1. The minimum atomic E-state index is -4.99. The van der Waals surface area contributed by atoms with Crippen LogP contribution in [0.5, 0.6) is 0 Å². The minimum absolute atomic E-state index is 0.0546. The van der Waals surface area contributed by atoms with E-state index in [2.05, 4.69) is 25.8 Å². The monoisotopic (exact) mass is 532 g/mol. The van der Waals surface area contributed by atoms with Gasteiger partial charge in [0, 0.05) is 5.38 Å². The number of aromatic nitrogens is 4. The number of aliphatic hydroxyl groups is 1. The molecule has 19 heteroatoms. The lowest BCUT2D eigenvalue weighted by molar-refractivity contribution is -0.161. The number of carbonyl (C=O) groups excluding carboxylic acids is 2. The van der Waals surface area contributed by atoms with Crippen LogP contribution in [0.25, 0.3) is 0 Å². The van der Waals surface area contributed by atoms with E-state index in [1.54, 1.807) is 0 Å². The van der Waals surface area contributed by atoms with Crippen LogP contribution in [0.15, 0.2) is 16.7 Å². The molecule has 2 aromatic heterocycles. The van der Waals surface area contributed by atoms with E-state index < -0.39 is 58.1 Å². The van der Waals surface area contributed by atoms with Gasteiger partial charge in [0.05, 0.1) is 25.4 Å². The molecule has 3 heterocycles. The Morgan fingerprint density at radius 1 is 1.40 bits per heavy atom. The smallest absolute Gasteiger partial charge is 0.362 e. The molecule has 0 spiro atoms. The number of amides is 2. The van der Waals surface area contributed by atoms with Crippen molar-refractivity contribution in [1.82, 2.24) is 29.6 Å². The number of thiazole rings is 1. The number of aliphatic hydroxyl groups excluding tert-OH is 1. The molecule has 2 unspecified atom stereocenters. The van der Waals surface area contributed by atoms with Crippen molar-refractivity contribution < 1.29 is 42.4 Å². The molecule has 0 aliphatic carbocycles. The van der Waals surface area contributed by atoms with E-state index >= 15 is 0 Å². The summed E-state index contributed by atoms with van der Waals surface area (Å²) in [5, 5.41) is 32.9. The van der Waals surface area contributed by atoms with E-state index in [0.29, 0.717) is 0 Å². The van der Waals surface area contributed by atoms with E-state index in [1.165, 1.54) is 25.4 Å². The number of rotatable bonds is 10. The van der Waals surface area contributed by atoms with Gasteiger partial charge in [-0.05, 0) is 13.8 Å². The van der Waals surface area contributed by atoms with Crippen molar-refractivity contribution in [3.05, 3.63) is 23.0 Å². The van der Waals surface area contributed by atoms with Crippen LogP contribution < -0.4 is 11.1 Å². The zero-order valence-electron chi connectivity index (χ0n) is 18.1. The largest absolute Gasteiger partial charge is 0.478 e. The van der Waals surface area contributed by atoms with E-state index in [0.717, 1.165) is 16.0 Å². The lowest BCUT2D eigenvalue weighted by Crippen LogP contribution is -2.73. The average Bonchev–Trinajstić information content (AvgIpc) is 3.39. The van der Waals surface area contributed by atoms with Crippen molar-refractivity contribution in [1.29, 1.82) is 0 Å². The number of β-lactam (4-membered cyclic amide) rings is 1. The van der Waals surface area contributed by atoms with Crippen LogP contribution in [0, 0.1) is 0 Å². The molecule has 2 amide bonds. The number of hydrogen-bond donors (Lipinski definition) is 5. The van der Waals surface area contributed by atoms with E-state index in [1.807, 2.05) is 0 Å². The van der Waals surface area contributed by atoms with Gasteiger partial charge in [0.2, 0.25) is 5.60 Å². The van der Waals surface area contributed by atoms with Gasteiger partial charge in [0.1, 0.15) is 17.4 Å². The first-order valence-electron chi connectivity index (χ1n) is 9.57. The first-order valence-corrected chi connectivity index (χ1v) is 11.8. The quantitative estimate of drug-likeness (QED) is 0.0926. The minimum Gasteiger partial charge on any atom is -0.478 e. The van der Waals surface area contributed by atoms with Gasteiger partial charge in [-0.2, -0.15) is 8.42 Å². The number of carboxylic acids is 1. The molecule has 1 fully saturated rings. The number of nitrogens with two attached hydrogens (primary N) is 1. The Morgan fingerprint density at radius 3 is 2.60 bits per heavy atom. The number of carboxylic acid groups (broad SMARTS) is 1. The maximum absolute atomic E-state index is 13.0. The Kier molecular flexibility index (Phi) is 7.06. The normalized spacial score (nSPS) is 18.8. The van der Waals surface area contributed by atoms with E-state index in [-0.39, 0.29) is 27.4 Å². The van der Waals surface area contributed by atoms with Gasteiger partial charge in [0.25, 0.3) is 11.8 Å². The summed E-state index contributed by atoms with van der Waals surface area (Å²) in [6, 6.07) is -2.80. The number of hydrogen-bond acceptors (Lipinski definition) is 13. The molecular weight excluding hydrogens is 512 g/mol. The van der Waals surface area contributed by atoms with Crippen molar-refractivity contribution >= 4 is 50.3 Å². The van der Waals surface area contributed by atoms with Gasteiger partial charge in [-0.15, -0.1) is 16.4 Å². The summed E-state index contributed by atoms with van der Waals surface area (Å²) in [6.45, 7) is 1.58. The molecule has 35 heavy (non-hydrogen) atoms. The topological polar surface area (TPSA) is 253 Å². The zero-order valence-corrected chi connectivity index (χ0v) is 19.7. The highest BCUT2D eigenvalue weighted by atomic mass is 32.2. The molecule has 1 saturated heterocycles. The molecule has 3 rings (SSSR count). The van der Waals surface area contributed by atoms with Crippen molar-refractivity contribution in [3.8, 4) is 0 Å². The SMILES string of the molecule is CC(C)(ON=C(C(=O)NC1C(=O)N(S(=O)(=O)O)C1Cn1cc(CO)nn1)c1csc(N)n1)C(=O)O. The number of aliphatic carboxylic acids is 1. The summed E-state index contributed by atoms with van der Waals surface area (Å²) in [6.07, 6.45) is 1.27. The molecule has 6 N–H and O–H groups in total. The predicted molar refractivity (Wildman–Crippen MR) is 116 cm³/mol. The number of carbonyl (C=O) groups is 3. The number of anilines is 1. The zero-order chi connectivity index (χ0) is 26.1. The van der Waals surface area contributed by atoms with Crippen molar-refractivity contribution in [2.75, 3.05) is 5.73 Å². The maximum Gasteiger partial charge on any atom is 0.362 e. The number of oxime groups is 1. The highest BCUT2D eigenvalue weighted by Gasteiger charge is 2.54. The molecule has 2 aromatic rings. The lowest BCUT2D eigenvalue weighted by atomic mass is 9.98. The first-order chi connectivity index (χ1) is 16.2. The average molecular weight is 533 g/mol. The molecule has 0 radical (unpaired) electrons. The molecule has 0 saturated carbocycles. The summed E-state index contributed by atoms with van der Waals surface area (Å²) < 4.78 is 34.1. The maximum atomic E-state index is 13.0. The van der Waals surface area contributed by atoms with Gasteiger partial charge in [-0.3, -0.25) is 14.1 Å². The van der Waals surface area contributed by atoms with E-state index in [9.17, 15) is 32.5 Å². The van der Waals surface area contributed by atoms with Crippen LogP contribution in [-0.4, -0.2) is 88.6 Å². The molecule has 1 aliphatic rings. The Morgan fingerprint density at radius 2 is 2.09 bits per heavy atom. The Bertz CT molecular complexity index is 1290. The fraction of sp³-hybridized carbons (Fsp3) is 0.438. The van der Waals surface area contributed by atoms with Gasteiger partial charge < -0.3 is 26.1 Å². The lowest BCUT2D eigenvalue weighted by Gasteiger charge is -2.43. The van der Waals surface area contributed by atoms with Gasteiger partial charge in [-0.25, -0.2) is 18.8 Å². The highest BCUT2D eigenvalue weighted by molar-refractivity contribution is 7.84. The van der Waals surface area contributed by atoms with Crippen LogP contribution in [0.3, 0.4) is 0 Å². The van der Waals surface area contributed by atoms with Crippen LogP contribution >= 0.6 is 11.3 Å². The molecule has 190 valence electrons. The van der Waals surface area contributed by atoms with Gasteiger partial charge >= 0.3 is 16.3 Å². The molecule has 0 aromatic carbocycles. The van der Waals surface area contributed by atoms with Crippen LogP contribution in [0.1, 0.15) is 25.2 Å². The van der Waals surface area contributed by atoms with Gasteiger partial charge in [0.15, 0.2) is 10.8 Å². The van der Waals surface area contributed by atoms with E-state index in [4.69, 9.17) is 15.7 Å². The van der Waals surface area contributed by atoms with Crippen molar-refractivity contribution in [2.24, 2.45) is 5.16 Å². The first kappa shape index (κ1) is 25.9. The Labute approximate surface area is 201 Å². The summed E-state index contributed by atoms with van der Waals surface area (Å²) in [5.74, 6) is -3.60. The molecule has 2 atom stereocenters. The standard InChI is InChI=1S/C16H20N8O9S2/c1-16(2,14(28)29)33-21-10(8-6-34-15(17)18-8)12(26)19-11-9(24(13(11)27)35(30,31)32)4-23-3-7(5-25)20-22-23/h3,6,9,11,25H,4-5H2,1-2H3,(H2,17,18)(H,19,26)(H,28,29)(H,30,31,32). The molecule has 17 nitrogen and oxygen atoms in total.